The molecule has 1 aliphatic rings. The molecule has 0 unspecified atom stereocenters. The summed E-state index contributed by atoms with van der Waals surface area (Å²) in [4.78, 5) is 11.0. The third-order valence-corrected chi connectivity index (χ3v) is 3.05. The number of benzene rings is 1. The number of alkyl halides is 2. The van der Waals surface area contributed by atoms with Crippen LogP contribution in [0.1, 0.15) is 11.6 Å². The van der Waals surface area contributed by atoms with Gasteiger partial charge in [0.15, 0.2) is 6.61 Å². The molecule has 1 aliphatic heterocycles. The van der Waals surface area contributed by atoms with Gasteiger partial charge in [0.1, 0.15) is 11.8 Å². The van der Waals surface area contributed by atoms with Crippen molar-refractivity contribution in [3.05, 3.63) is 28.2 Å². The third-order valence-electron chi connectivity index (χ3n) is 2.41. The highest BCUT2D eigenvalue weighted by atomic mass is 79.9. The third kappa shape index (κ3) is 2.19. The highest BCUT2D eigenvalue weighted by Gasteiger charge is 2.47. The Labute approximate surface area is 104 Å². The largest absolute Gasteiger partial charge is 0.506 e. The van der Waals surface area contributed by atoms with Crippen LogP contribution in [0, 0.1) is 0 Å². The number of cyclic esters (lactones) is 1. The number of hydrogen-bond donors (Lipinski definition) is 2. The van der Waals surface area contributed by atoms with E-state index in [9.17, 15) is 18.7 Å². The molecule has 1 atom stereocenters. The lowest BCUT2D eigenvalue weighted by atomic mass is 9.99. The van der Waals surface area contributed by atoms with Crippen molar-refractivity contribution in [3.8, 4) is 5.75 Å². The molecule has 0 radical (unpaired) electrons. The normalized spacial score (nSPS) is 22.8. The van der Waals surface area contributed by atoms with Gasteiger partial charge in [0, 0.05) is 5.56 Å². The van der Waals surface area contributed by atoms with E-state index in [4.69, 9.17) is 0 Å². The van der Waals surface area contributed by atoms with Crippen LogP contribution in [0.5, 0.6) is 5.75 Å². The van der Waals surface area contributed by atoms with E-state index in [0.717, 1.165) is 0 Å². The van der Waals surface area contributed by atoms with Crippen molar-refractivity contribution in [1.82, 2.24) is 5.32 Å². The van der Waals surface area contributed by atoms with E-state index in [1.807, 2.05) is 5.32 Å². The zero-order chi connectivity index (χ0) is 12.6. The Morgan fingerprint density at radius 1 is 1.53 bits per heavy atom. The van der Waals surface area contributed by atoms with Crippen LogP contribution < -0.4 is 5.32 Å². The van der Waals surface area contributed by atoms with Gasteiger partial charge in [-0.15, -0.1) is 0 Å². The maximum absolute atomic E-state index is 13.6. The first-order chi connectivity index (χ1) is 7.92. The fourth-order valence-electron chi connectivity index (χ4n) is 1.58. The Morgan fingerprint density at radius 2 is 2.24 bits per heavy atom. The van der Waals surface area contributed by atoms with Crippen molar-refractivity contribution in [1.29, 1.82) is 0 Å². The number of phenolic OH excluding ortho intramolecular Hbond substituents is 1. The fraction of sp³-hybridized carbons (Fsp3) is 0.300. The SMILES string of the molecule is O=C1N[C@H](c2cccc(Br)c2O)C(F)(F)CO1. The molecular formula is C10H8BrF2NO3. The van der Waals surface area contributed by atoms with Crippen LogP contribution in [0.15, 0.2) is 22.7 Å². The van der Waals surface area contributed by atoms with Crippen molar-refractivity contribution in [3.63, 3.8) is 0 Å². The van der Waals surface area contributed by atoms with Crippen molar-refractivity contribution < 1.29 is 23.4 Å². The van der Waals surface area contributed by atoms with E-state index >= 15 is 0 Å². The first-order valence-electron chi connectivity index (χ1n) is 4.70. The maximum Gasteiger partial charge on any atom is 0.408 e. The Balaban J connectivity index is 2.43. The summed E-state index contributed by atoms with van der Waals surface area (Å²) in [5, 5.41) is 11.7. The first-order valence-corrected chi connectivity index (χ1v) is 5.49. The number of alkyl carbamates (subject to hydrolysis) is 1. The minimum Gasteiger partial charge on any atom is -0.506 e. The average Bonchev–Trinajstić information content (AvgIpc) is 2.26. The van der Waals surface area contributed by atoms with Crippen LogP contribution >= 0.6 is 15.9 Å². The highest BCUT2D eigenvalue weighted by Crippen LogP contribution is 2.40. The van der Waals surface area contributed by atoms with Gasteiger partial charge in [-0.25, -0.2) is 13.6 Å². The molecule has 1 aromatic carbocycles. The molecule has 2 N–H and O–H groups in total. The number of rotatable bonds is 1. The second kappa shape index (κ2) is 4.14. The van der Waals surface area contributed by atoms with Crippen LogP contribution in [0.4, 0.5) is 13.6 Å². The molecule has 1 fully saturated rings. The Hall–Kier alpha value is -1.37. The Bertz CT molecular complexity index is 467. The lowest BCUT2D eigenvalue weighted by Crippen LogP contribution is -2.49. The zero-order valence-corrected chi connectivity index (χ0v) is 10.0. The summed E-state index contributed by atoms with van der Waals surface area (Å²) in [5.41, 5.74) is -0.0546. The van der Waals surface area contributed by atoms with Crippen molar-refractivity contribution in [2.45, 2.75) is 12.0 Å². The monoisotopic (exact) mass is 307 g/mol. The molecule has 1 heterocycles. The molecule has 0 aromatic heterocycles. The molecule has 1 aromatic rings. The van der Waals surface area contributed by atoms with Gasteiger partial charge in [0.25, 0.3) is 0 Å². The van der Waals surface area contributed by atoms with Crippen LogP contribution in [-0.4, -0.2) is 23.7 Å². The maximum atomic E-state index is 13.6. The lowest BCUT2D eigenvalue weighted by molar-refractivity contribution is -0.104. The molecule has 2 rings (SSSR count). The molecule has 0 bridgehead atoms. The topological polar surface area (TPSA) is 58.6 Å². The lowest BCUT2D eigenvalue weighted by Gasteiger charge is -2.32. The molecular weight excluding hydrogens is 300 g/mol. The summed E-state index contributed by atoms with van der Waals surface area (Å²) >= 11 is 3.03. The highest BCUT2D eigenvalue weighted by molar-refractivity contribution is 9.10. The summed E-state index contributed by atoms with van der Waals surface area (Å²) in [7, 11) is 0. The van der Waals surface area contributed by atoms with Crippen LogP contribution in [0.25, 0.3) is 0 Å². The number of ether oxygens (including phenoxy) is 1. The minimum absolute atomic E-state index is 0.0546. The quantitative estimate of drug-likeness (QED) is 0.838. The first kappa shape index (κ1) is 12.1. The van der Waals surface area contributed by atoms with Crippen molar-refractivity contribution >= 4 is 22.0 Å². The van der Waals surface area contributed by atoms with Crippen molar-refractivity contribution in [2.75, 3.05) is 6.61 Å². The van der Waals surface area contributed by atoms with Gasteiger partial charge in [-0.05, 0) is 22.0 Å². The van der Waals surface area contributed by atoms with Gasteiger partial charge in [0.05, 0.1) is 4.47 Å². The molecule has 1 saturated heterocycles. The predicted molar refractivity (Wildman–Crippen MR) is 58.0 cm³/mol. The van der Waals surface area contributed by atoms with E-state index in [2.05, 4.69) is 20.7 Å². The van der Waals surface area contributed by atoms with Gasteiger partial charge in [-0.3, -0.25) is 0 Å². The Morgan fingerprint density at radius 3 is 2.94 bits per heavy atom. The standard InChI is InChI=1S/C10H8BrF2NO3/c11-6-3-1-2-5(7(6)15)8-10(12,13)4-17-9(16)14-8/h1-3,8,15H,4H2,(H,14,16)/t8-/m1/s1. The summed E-state index contributed by atoms with van der Waals surface area (Å²) in [6.45, 7) is -1.00. The number of carbonyl (C=O) groups excluding carboxylic acids is 1. The van der Waals surface area contributed by atoms with Gasteiger partial charge in [0.2, 0.25) is 0 Å². The number of para-hydroxylation sites is 1. The number of amides is 1. The summed E-state index contributed by atoms with van der Waals surface area (Å²) in [5.74, 6) is -3.59. The van der Waals surface area contributed by atoms with E-state index in [1.165, 1.54) is 18.2 Å². The van der Waals surface area contributed by atoms with E-state index < -0.39 is 24.7 Å². The van der Waals surface area contributed by atoms with Crippen LogP contribution in [-0.2, 0) is 4.74 Å². The number of nitrogens with one attached hydrogen (secondary N) is 1. The van der Waals surface area contributed by atoms with Crippen molar-refractivity contribution in [2.24, 2.45) is 0 Å². The van der Waals surface area contributed by atoms with E-state index in [0.29, 0.717) is 0 Å². The van der Waals surface area contributed by atoms with Crippen LogP contribution in [0.2, 0.25) is 0 Å². The van der Waals surface area contributed by atoms with Crippen LogP contribution in [0.3, 0.4) is 0 Å². The summed E-state index contributed by atoms with van der Waals surface area (Å²) in [6.07, 6.45) is -0.930. The smallest absolute Gasteiger partial charge is 0.408 e. The fourth-order valence-corrected chi connectivity index (χ4v) is 1.96. The summed E-state index contributed by atoms with van der Waals surface area (Å²) < 4.78 is 31.7. The average molecular weight is 308 g/mol. The molecule has 1 amide bonds. The molecule has 0 saturated carbocycles. The Kier molecular flexibility index (Phi) is 2.94. The number of hydrogen-bond acceptors (Lipinski definition) is 3. The second-order valence-corrected chi connectivity index (χ2v) is 4.45. The molecule has 17 heavy (non-hydrogen) atoms. The van der Waals surface area contributed by atoms with Gasteiger partial charge in [-0.2, -0.15) is 0 Å². The predicted octanol–water partition coefficient (Wildman–Crippen LogP) is 2.57. The van der Waals surface area contributed by atoms with E-state index in [-0.39, 0.29) is 15.8 Å². The zero-order valence-electron chi connectivity index (χ0n) is 8.41. The second-order valence-electron chi connectivity index (χ2n) is 3.59. The number of phenols is 1. The van der Waals surface area contributed by atoms with E-state index in [1.54, 1.807) is 0 Å². The number of carbonyl (C=O) groups is 1. The molecule has 4 nitrogen and oxygen atoms in total. The number of aromatic hydroxyl groups is 1. The molecule has 92 valence electrons. The molecule has 0 aliphatic carbocycles. The molecule has 7 heteroatoms. The van der Waals surface area contributed by atoms with Gasteiger partial charge < -0.3 is 15.2 Å². The minimum atomic E-state index is -3.27. The number of halogens is 3. The van der Waals surface area contributed by atoms with Gasteiger partial charge in [-0.1, -0.05) is 12.1 Å². The van der Waals surface area contributed by atoms with Gasteiger partial charge >= 0.3 is 12.0 Å². The summed E-state index contributed by atoms with van der Waals surface area (Å²) in [6, 6.07) is 2.74. The molecule has 0 spiro atoms.